The molecule has 0 spiro atoms. The number of cyclic esters (lactones) is 1. The molecule has 2 N–H and O–H groups in total. The van der Waals surface area contributed by atoms with Crippen LogP contribution in [0.15, 0.2) is 60.7 Å². The molecular formula is C19H16N2O4. The number of ether oxygens (including phenoxy) is 2. The highest BCUT2D eigenvalue weighted by atomic mass is 16.5. The number of fused-ring (bicyclic) bond motifs is 1. The van der Waals surface area contributed by atoms with Crippen LogP contribution in [0.1, 0.15) is 5.56 Å². The van der Waals surface area contributed by atoms with Crippen LogP contribution in [0.4, 0.5) is 11.4 Å². The lowest BCUT2D eigenvalue weighted by Gasteiger charge is -2.33. The predicted molar refractivity (Wildman–Crippen MR) is 92.4 cm³/mol. The SMILES string of the molecule is COc1ccc(NC2(C3C=CC(=O)O3)C(=O)Nc3ccccc32)cc1. The molecule has 2 unspecified atom stereocenters. The van der Waals surface area contributed by atoms with Crippen LogP contribution in [-0.2, 0) is 19.9 Å². The zero-order chi connectivity index (χ0) is 17.4. The first-order valence-corrected chi connectivity index (χ1v) is 7.85. The van der Waals surface area contributed by atoms with Crippen molar-refractivity contribution < 1.29 is 19.1 Å². The van der Waals surface area contributed by atoms with Gasteiger partial charge in [-0.25, -0.2) is 4.79 Å². The van der Waals surface area contributed by atoms with Gasteiger partial charge in [-0.05, 0) is 36.4 Å². The monoisotopic (exact) mass is 336 g/mol. The van der Waals surface area contributed by atoms with Gasteiger partial charge in [0, 0.05) is 23.0 Å². The number of rotatable bonds is 4. The average Bonchev–Trinajstić information content (AvgIpc) is 3.18. The highest BCUT2D eigenvalue weighted by molar-refractivity contribution is 6.09. The van der Waals surface area contributed by atoms with E-state index in [9.17, 15) is 9.59 Å². The lowest BCUT2D eigenvalue weighted by molar-refractivity contribution is -0.142. The Balaban J connectivity index is 1.81. The number of methoxy groups -OCH3 is 1. The zero-order valence-electron chi connectivity index (χ0n) is 13.5. The van der Waals surface area contributed by atoms with Crippen molar-refractivity contribution in [1.82, 2.24) is 0 Å². The van der Waals surface area contributed by atoms with E-state index in [2.05, 4.69) is 10.6 Å². The second-order valence-electron chi connectivity index (χ2n) is 5.88. The van der Waals surface area contributed by atoms with E-state index >= 15 is 0 Å². The van der Waals surface area contributed by atoms with Gasteiger partial charge in [0.05, 0.1) is 7.11 Å². The van der Waals surface area contributed by atoms with E-state index in [0.29, 0.717) is 17.1 Å². The molecule has 0 saturated carbocycles. The van der Waals surface area contributed by atoms with E-state index in [1.54, 1.807) is 25.3 Å². The molecule has 2 aromatic carbocycles. The number of carbonyl (C=O) groups is 2. The van der Waals surface area contributed by atoms with Crippen molar-refractivity contribution in [2.45, 2.75) is 11.6 Å². The number of para-hydroxylation sites is 1. The summed E-state index contributed by atoms with van der Waals surface area (Å²) in [6, 6.07) is 14.6. The van der Waals surface area contributed by atoms with Gasteiger partial charge in [-0.1, -0.05) is 18.2 Å². The summed E-state index contributed by atoms with van der Waals surface area (Å²) in [5.41, 5.74) is 0.919. The van der Waals surface area contributed by atoms with Crippen LogP contribution in [-0.4, -0.2) is 25.1 Å². The fourth-order valence-electron chi connectivity index (χ4n) is 3.26. The molecule has 126 valence electrons. The van der Waals surface area contributed by atoms with Gasteiger partial charge < -0.3 is 20.1 Å². The normalized spacial score (nSPS) is 23.8. The van der Waals surface area contributed by atoms with Crippen LogP contribution >= 0.6 is 0 Å². The third kappa shape index (κ3) is 2.34. The maximum atomic E-state index is 13.0. The number of carbonyl (C=O) groups excluding carboxylic acids is 2. The van der Waals surface area contributed by atoms with Crippen molar-refractivity contribution >= 4 is 23.3 Å². The summed E-state index contributed by atoms with van der Waals surface area (Å²) in [5, 5.41) is 6.15. The molecule has 6 heteroatoms. The second kappa shape index (κ2) is 5.66. The molecular weight excluding hydrogens is 320 g/mol. The summed E-state index contributed by atoms with van der Waals surface area (Å²) >= 11 is 0. The molecule has 2 heterocycles. The second-order valence-corrected chi connectivity index (χ2v) is 5.88. The molecule has 2 atom stereocenters. The Morgan fingerprint density at radius 2 is 1.88 bits per heavy atom. The largest absolute Gasteiger partial charge is 0.497 e. The Morgan fingerprint density at radius 1 is 1.12 bits per heavy atom. The van der Waals surface area contributed by atoms with Crippen LogP contribution in [0.2, 0.25) is 0 Å². The van der Waals surface area contributed by atoms with Gasteiger partial charge in [0.1, 0.15) is 5.75 Å². The molecule has 0 fully saturated rings. The van der Waals surface area contributed by atoms with Crippen molar-refractivity contribution in [1.29, 1.82) is 0 Å². The van der Waals surface area contributed by atoms with Gasteiger partial charge in [0.2, 0.25) is 0 Å². The highest BCUT2D eigenvalue weighted by Crippen LogP contribution is 2.43. The number of hydrogen-bond acceptors (Lipinski definition) is 5. The summed E-state index contributed by atoms with van der Waals surface area (Å²) in [6.45, 7) is 0. The number of benzene rings is 2. The fourth-order valence-corrected chi connectivity index (χ4v) is 3.26. The quantitative estimate of drug-likeness (QED) is 0.839. The smallest absolute Gasteiger partial charge is 0.331 e. The van der Waals surface area contributed by atoms with Gasteiger partial charge in [0.15, 0.2) is 11.6 Å². The van der Waals surface area contributed by atoms with E-state index in [1.165, 1.54) is 6.08 Å². The van der Waals surface area contributed by atoms with E-state index in [1.807, 2.05) is 36.4 Å². The van der Waals surface area contributed by atoms with Gasteiger partial charge in [-0.3, -0.25) is 4.79 Å². The van der Waals surface area contributed by atoms with E-state index in [0.717, 1.165) is 5.56 Å². The minimum atomic E-state index is -1.23. The molecule has 1 amide bonds. The molecule has 0 radical (unpaired) electrons. The Labute approximate surface area is 144 Å². The molecule has 25 heavy (non-hydrogen) atoms. The summed E-state index contributed by atoms with van der Waals surface area (Å²) in [4.78, 5) is 24.6. The van der Waals surface area contributed by atoms with E-state index in [-0.39, 0.29) is 5.91 Å². The molecule has 2 aliphatic rings. The van der Waals surface area contributed by atoms with Crippen molar-refractivity contribution in [2.75, 3.05) is 17.7 Å². The van der Waals surface area contributed by atoms with Crippen molar-refractivity contribution in [3.8, 4) is 5.75 Å². The minimum Gasteiger partial charge on any atom is -0.497 e. The Bertz CT molecular complexity index is 875. The molecule has 0 saturated heterocycles. The maximum absolute atomic E-state index is 13.0. The molecule has 4 rings (SSSR count). The van der Waals surface area contributed by atoms with E-state index < -0.39 is 17.6 Å². The third-order valence-corrected chi connectivity index (χ3v) is 4.47. The lowest BCUT2D eigenvalue weighted by Crippen LogP contribution is -2.51. The highest BCUT2D eigenvalue weighted by Gasteiger charge is 2.54. The first-order chi connectivity index (χ1) is 12.1. The van der Waals surface area contributed by atoms with Crippen molar-refractivity contribution in [3.63, 3.8) is 0 Å². The van der Waals surface area contributed by atoms with Crippen molar-refractivity contribution in [2.24, 2.45) is 0 Å². The summed E-state index contributed by atoms with van der Waals surface area (Å²) in [7, 11) is 1.59. The summed E-state index contributed by atoms with van der Waals surface area (Å²) in [6.07, 6.45) is 2.21. The molecule has 6 nitrogen and oxygen atoms in total. The average molecular weight is 336 g/mol. The molecule has 0 bridgehead atoms. The molecule has 2 aliphatic heterocycles. The number of esters is 1. The van der Waals surface area contributed by atoms with Crippen LogP contribution in [0, 0.1) is 0 Å². The molecule has 2 aromatic rings. The third-order valence-electron chi connectivity index (χ3n) is 4.47. The summed E-state index contributed by atoms with van der Waals surface area (Å²) < 4.78 is 10.6. The maximum Gasteiger partial charge on any atom is 0.331 e. The first kappa shape index (κ1) is 15.3. The van der Waals surface area contributed by atoms with Crippen LogP contribution in [0.25, 0.3) is 0 Å². The Hall–Kier alpha value is -3.28. The van der Waals surface area contributed by atoms with Crippen molar-refractivity contribution in [3.05, 3.63) is 66.2 Å². The number of anilines is 2. The van der Waals surface area contributed by atoms with Crippen LogP contribution in [0.3, 0.4) is 0 Å². The van der Waals surface area contributed by atoms with Gasteiger partial charge in [-0.2, -0.15) is 0 Å². The standard InChI is InChI=1S/C19H16N2O4/c1-24-13-8-6-12(7-9-13)21-19(16-10-11-17(22)25-16)14-4-2-3-5-15(14)20-18(19)23/h2-11,16,21H,1H3,(H,20,23). The lowest BCUT2D eigenvalue weighted by atomic mass is 9.85. The number of hydrogen-bond donors (Lipinski definition) is 2. The van der Waals surface area contributed by atoms with Gasteiger partial charge in [-0.15, -0.1) is 0 Å². The molecule has 0 aromatic heterocycles. The Morgan fingerprint density at radius 3 is 2.56 bits per heavy atom. The zero-order valence-corrected chi connectivity index (χ0v) is 13.5. The molecule has 0 aliphatic carbocycles. The number of amides is 1. The minimum absolute atomic E-state index is 0.270. The van der Waals surface area contributed by atoms with Gasteiger partial charge >= 0.3 is 5.97 Å². The predicted octanol–water partition coefficient (Wildman–Crippen LogP) is 2.44. The van der Waals surface area contributed by atoms with Crippen LogP contribution in [0.5, 0.6) is 5.75 Å². The van der Waals surface area contributed by atoms with Gasteiger partial charge in [0.25, 0.3) is 5.91 Å². The first-order valence-electron chi connectivity index (χ1n) is 7.85. The Kier molecular flexibility index (Phi) is 3.46. The number of nitrogens with one attached hydrogen (secondary N) is 2. The topological polar surface area (TPSA) is 76.7 Å². The van der Waals surface area contributed by atoms with Crippen LogP contribution < -0.4 is 15.4 Å². The van der Waals surface area contributed by atoms with E-state index in [4.69, 9.17) is 9.47 Å². The summed E-state index contributed by atoms with van der Waals surface area (Å²) in [5.74, 6) is -0.0185. The fraction of sp³-hybridized carbons (Fsp3) is 0.158.